The van der Waals surface area contributed by atoms with Crippen molar-refractivity contribution in [2.75, 3.05) is 6.61 Å². The molecule has 1 rings (SSSR count). The molecule has 1 atom stereocenters. The summed E-state index contributed by atoms with van der Waals surface area (Å²) in [6.07, 6.45) is -0.576. The van der Waals surface area contributed by atoms with Gasteiger partial charge >= 0.3 is 0 Å². The summed E-state index contributed by atoms with van der Waals surface area (Å²) in [6, 6.07) is 0. The van der Waals surface area contributed by atoms with Gasteiger partial charge in [0.2, 0.25) is 5.91 Å². The van der Waals surface area contributed by atoms with E-state index in [1.165, 1.54) is 0 Å². The molecule has 1 fully saturated rings. The van der Waals surface area contributed by atoms with E-state index < -0.39 is 6.35 Å². The van der Waals surface area contributed by atoms with Crippen LogP contribution < -0.4 is 11.1 Å². The lowest BCUT2D eigenvalue weighted by molar-refractivity contribution is -0.119. The summed E-state index contributed by atoms with van der Waals surface area (Å²) in [7, 11) is 0. The molecule has 4 heteroatoms. The molecular weight excluding hydrogens is 96.0 g/mol. The second-order valence-corrected chi connectivity index (χ2v) is 1.30. The fourth-order valence-electron chi connectivity index (χ4n) is 0.407. The van der Waals surface area contributed by atoms with Crippen molar-refractivity contribution in [3.63, 3.8) is 0 Å². The maximum Gasteiger partial charge on any atom is 0.249 e. The van der Waals surface area contributed by atoms with Crippen molar-refractivity contribution in [2.45, 2.75) is 6.35 Å². The highest BCUT2D eigenvalue weighted by atomic mass is 16.5. The van der Waals surface area contributed by atoms with Crippen LogP contribution in [0.4, 0.5) is 0 Å². The zero-order valence-electron chi connectivity index (χ0n) is 3.68. The van der Waals surface area contributed by atoms with Gasteiger partial charge in [-0.2, -0.15) is 0 Å². The number of carbonyl (C=O) groups excluding carboxylic acids is 1. The van der Waals surface area contributed by atoms with Gasteiger partial charge in [-0.1, -0.05) is 0 Å². The van der Waals surface area contributed by atoms with Crippen LogP contribution >= 0.6 is 0 Å². The lowest BCUT2D eigenvalue weighted by Gasteiger charge is -1.96. The van der Waals surface area contributed by atoms with E-state index in [0.717, 1.165) is 0 Å². The van der Waals surface area contributed by atoms with Crippen molar-refractivity contribution in [1.82, 2.24) is 5.32 Å². The Bertz CT molecular complexity index is 92.9. The lowest BCUT2D eigenvalue weighted by Crippen LogP contribution is -2.34. The van der Waals surface area contributed by atoms with Gasteiger partial charge in [-0.05, 0) is 0 Å². The SMILES string of the molecule is NC1NC(=O)CO1. The molecule has 0 aliphatic carbocycles. The van der Waals surface area contributed by atoms with Gasteiger partial charge in [0.05, 0.1) is 0 Å². The quantitative estimate of drug-likeness (QED) is 0.386. The van der Waals surface area contributed by atoms with Crippen LogP contribution in [0.2, 0.25) is 0 Å². The number of nitrogens with one attached hydrogen (secondary N) is 1. The van der Waals surface area contributed by atoms with E-state index in [4.69, 9.17) is 5.73 Å². The number of hydrogen-bond acceptors (Lipinski definition) is 3. The van der Waals surface area contributed by atoms with Gasteiger partial charge in [0.25, 0.3) is 0 Å². The minimum atomic E-state index is -0.576. The Hall–Kier alpha value is -0.610. The smallest absolute Gasteiger partial charge is 0.249 e. The first-order chi connectivity index (χ1) is 3.29. The molecular formula is C3H6N2O2. The number of hydrogen-bond donors (Lipinski definition) is 2. The standard InChI is InChI=1S/C3H6N2O2/c4-3-5-2(6)1-7-3/h3H,1,4H2,(H,5,6). The highest BCUT2D eigenvalue weighted by Crippen LogP contribution is 1.86. The first-order valence-corrected chi connectivity index (χ1v) is 1.95. The third kappa shape index (κ3) is 0.880. The van der Waals surface area contributed by atoms with E-state index in [0.29, 0.717) is 0 Å². The highest BCUT2D eigenvalue weighted by Gasteiger charge is 2.15. The average molecular weight is 102 g/mol. The largest absolute Gasteiger partial charge is 0.335 e. The molecule has 7 heavy (non-hydrogen) atoms. The van der Waals surface area contributed by atoms with E-state index in [1.807, 2.05) is 0 Å². The van der Waals surface area contributed by atoms with E-state index in [1.54, 1.807) is 0 Å². The van der Waals surface area contributed by atoms with Crippen LogP contribution in [0, 0.1) is 0 Å². The maximum atomic E-state index is 10.1. The predicted octanol–water partition coefficient (Wildman–Crippen LogP) is -1.62. The van der Waals surface area contributed by atoms with Gasteiger partial charge in [-0.3, -0.25) is 10.5 Å². The Morgan fingerprint density at radius 3 is 2.86 bits per heavy atom. The van der Waals surface area contributed by atoms with Crippen molar-refractivity contribution in [2.24, 2.45) is 5.73 Å². The van der Waals surface area contributed by atoms with Crippen molar-refractivity contribution >= 4 is 5.91 Å². The summed E-state index contributed by atoms with van der Waals surface area (Å²) in [5.74, 6) is -0.146. The fourth-order valence-corrected chi connectivity index (χ4v) is 0.407. The summed E-state index contributed by atoms with van der Waals surface area (Å²) in [4.78, 5) is 10.1. The third-order valence-electron chi connectivity index (χ3n) is 0.697. The Morgan fingerprint density at radius 2 is 2.71 bits per heavy atom. The molecule has 1 amide bonds. The number of nitrogens with two attached hydrogens (primary N) is 1. The number of rotatable bonds is 0. The van der Waals surface area contributed by atoms with Crippen LogP contribution in [0.25, 0.3) is 0 Å². The Morgan fingerprint density at radius 1 is 2.00 bits per heavy atom. The molecule has 0 aromatic carbocycles. The molecule has 4 nitrogen and oxygen atoms in total. The summed E-state index contributed by atoms with van der Waals surface area (Å²) < 4.78 is 4.58. The first kappa shape index (κ1) is 4.55. The Balaban J connectivity index is 2.40. The van der Waals surface area contributed by atoms with Gasteiger partial charge in [0, 0.05) is 0 Å². The van der Waals surface area contributed by atoms with E-state index >= 15 is 0 Å². The maximum absolute atomic E-state index is 10.1. The molecule has 0 aromatic rings. The summed E-state index contributed by atoms with van der Waals surface area (Å²) in [6.45, 7) is 0.0984. The molecule has 0 saturated carbocycles. The molecule has 1 heterocycles. The van der Waals surface area contributed by atoms with Gasteiger partial charge in [0.15, 0.2) is 6.35 Å². The molecule has 40 valence electrons. The minimum absolute atomic E-state index is 0.0984. The number of ether oxygens (including phenoxy) is 1. The normalized spacial score (nSPS) is 30.4. The van der Waals surface area contributed by atoms with Crippen LogP contribution in [-0.2, 0) is 9.53 Å². The van der Waals surface area contributed by atoms with Gasteiger partial charge in [-0.25, -0.2) is 0 Å². The molecule has 0 bridgehead atoms. The van der Waals surface area contributed by atoms with Gasteiger partial charge in [0.1, 0.15) is 6.61 Å². The van der Waals surface area contributed by atoms with Gasteiger partial charge in [-0.15, -0.1) is 0 Å². The predicted molar refractivity (Wildman–Crippen MR) is 22.1 cm³/mol. The molecule has 1 aliphatic heterocycles. The third-order valence-corrected chi connectivity index (χ3v) is 0.697. The molecule has 0 spiro atoms. The molecule has 1 aliphatic rings. The lowest BCUT2D eigenvalue weighted by atomic mass is 10.7. The zero-order valence-corrected chi connectivity index (χ0v) is 3.68. The average Bonchev–Trinajstić information content (AvgIpc) is 1.87. The second-order valence-electron chi connectivity index (χ2n) is 1.30. The van der Waals surface area contributed by atoms with Crippen LogP contribution in [0.5, 0.6) is 0 Å². The van der Waals surface area contributed by atoms with Crippen LogP contribution in [0.3, 0.4) is 0 Å². The molecule has 0 radical (unpaired) electrons. The minimum Gasteiger partial charge on any atom is -0.335 e. The molecule has 0 aromatic heterocycles. The van der Waals surface area contributed by atoms with Crippen molar-refractivity contribution < 1.29 is 9.53 Å². The van der Waals surface area contributed by atoms with Gasteiger partial charge < -0.3 is 10.1 Å². The highest BCUT2D eigenvalue weighted by molar-refractivity contribution is 5.78. The number of amides is 1. The second kappa shape index (κ2) is 1.48. The van der Waals surface area contributed by atoms with E-state index in [2.05, 4.69) is 10.1 Å². The van der Waals surface area contributed by atoms with Crippen LogP contribution in [0.15, 0.2) is 0 Å². The zero-order chi connectivity index (χ0) is 5.28. The molecule has 3 N–H and O–H groups in total. The number of carbonyl (C=O) groups is 1. The van der Waals surface area contributed by atoms with Crippen molar-refractivity contribution in [1.29, 1.82) is 0 Å². The van der Waals surface area contributed by atoms with Crippen LogP contribution in [0.1, 0.15) is 0 Å². The summed E-state index contributed by atoms with van der Waals surface area (Å²) >= 11 is 0. The van der Waals surface area contributed by atoms with Crippen LogP contribution in [-0.4, -0.2) is 18.9 Å². The Kier molecular flexibility index (Phi) is 0.958. The molecule has 1 saturated heterocycles. The topological polar surface area (TPSA) is 64.3 Å². The molecule has 1 unspecified atom stereocenters. The Labute approximate surface area is 40.6 Å². The van der Waals surface area contributed by atoms with E-state index in [9.17, 15) is 4.79 Å². The summed E-state index contributed by atoms with van der Waals surface area (Å²) in [5, 5.41) is 2.33. The van der Waals surface area contributed by atoms with Crippen molar-refractivity contribution in [3.05, 3.63) is 0 Å². The first-order valence-electron chi connectivity index (χ1n) is 1.95. The monoisotopic (exact) mass is 102 g/mol. The van der Waals surface area contributed by atoms with E-state index in [-0.39, 0.29) is 12.5 Å². The summed E-state index contributed by atoms with van der Waals surface area (Å²) in [5.41, 5.74) is 5.07. The fraction of sp³-hybridized carbons (Fsp3) is 0.667. The van der Waals surface area contributed by atoms with Crippen molar-refractivity contribution in [3.8, 4) is 0 Å².